The maximum atomic E-state index is 14.8. The van der Waals surface area contributed by atoms with Crippen molar-refractivity contribution in [3.8, 4) is 5.69 Å². The predicted octanol–water partition coefficient (Wildman–Crippen LogP) is 4.30. The summed E-state index contributed by atoms with van der Waals surface area (Å²) in [6.07, 6.45) is 0. The molecular weight excluding hydrogens is 474 g/mol. The molecule has 0 bridgehead atoms. The number of carbonyl (C=O) groups excluding carboxylic acids is 1. The van der Waals surface area contributed by atoms with Gasteiger partial charge >= 0.3 is 0 Å². The molecule has 0 saturated heterocycles. The third kappa shape index (κ3) is 4.08. The molecule has 0 aliphatic rings. The maximum absolute atomic E-state index is 14.8. The van der Waals surface area contributed by atoms with E-state index in [1.807, 2.05) is 0 Å². The number of para-hydroxylation sites is 1. The lowest BCUT2D eigenvalue weighted by molar-refractivity contribution is -0.0584. The van der Waals surface area contributed by atoms with Gasteiger partial charge in [0.2, 0.25) is 0 Å². The minimum absolute atomic E-state index is 0.136. The largest absolute Gasteiger partial charge is 0.390 e. The summed E-state index contributed by atoms with van der Waals surface area (Å²) in [5.41, 5.74) is -2.23. The summed E-state index contributed by atoms with van der Waals surface area (Å²) >= 11 is 1.07. The molecule has 0 saturated carbocycles. The molecule has 2 aromatic carbocycles. The summed E-state index contributed by atoms with van der Waals surface area (Å²) < 4.78 is 57.9. The average Bonchev–Trinajstić information content (AvgIpc) is 3.30. The number of aromatic nitrogens is 2. The van der Waals surface area contributed by atoms with Crippen LogP contribution < -0.4 is 10.9 Å². The molecule has 1 atom stereocenters. The van der Waals surface area contributed by atoms with Gasteiger partial charge in [0, 0.05) is 5.56 Å². The summed E-state index contributed by atoms with van der Waals surface area (Å²) in [6, 6.07) is 9.07. The molecular formula is C23H17F4N3O3S. The highest BCUT2D eigenvalue weighted by atomic mass is 32.1. The molecule has 176 valence electrons. The quantitative estimate of drug-likeness (QED) is 0.394. The van der Waals surface area contributed by atoms with Gasteiger partial charge < -0.3 is 10.4 Å². The van der Waals surface area contributed by atoms with E-state index in [0.717, 1.165) is 28.2 Å². The van der Waals surface area contributed by atoms with Crippen molar-refractivity contribution >= 4 is 27.3 Å². The van der Waals surface area contributed by atoms with Gasteiger partial charge in [-0.2, -0.15) is 18.6 Å². The zero-order valence-electron chi connectivity index (χ0n) is 17.6. The maximum Gasteiger partial charge on any atom is 0.298 e. The van der Waals surface area contributed by atoms with Crippen LogP contribution in [0.15, 0.2) is 58.7 Å². The van der Waals surface area contributed by atoms with Crippen LogP contribution in [0.25, 0.3) is 15.8 Å². The number of hydrogen-bond donors (Lipinski definition) is 2. The van der Waals surface area contributed by atoms with Crippen molar-refractivity contribution in [2.45, 2.75) is 18.9 Å². The van der Waals surface area contributed by atoms with Crippen LogP contribution in [0.4, 0.5) is 17.6 Å². The zero-order chi connectivity index (χ0) is 24.6. The Morgan fingerprint density at radius 3 is 2.62 bits per heavy atom. The number of aliphatic hydroxyl groups excluding tert-OH is 1. The monoisotopic (exact) mass is 491 g/mol. The van der Waals surface area contributed by atoms with Crippen LogP contribution >= 0.6 is 11.3 Å². The number of carbonyl (C=O) groups is 1. The first-order chi connectivity index (χ1) is 16.2. The Labute approximate surface area is 194 Å². The van der Waals surface area contributed by atoms with E-state index in [2.05, 4.69) is 10.4 Å². The van der Waals surface area contributed by atoms with E-state index in [4.69, 9.17) is 5.11 Å². The number of rotatable bonds is 6. The molecule has 0 aliphatic carbocycles. The van der Waals surface area contributed by atoms with Crippen LogP contribution in [0.5, 0.6) is 0 Å². The Morgan fingerprint density at radius 1 is 1.18 bits per heavy atom. The lowest BCUT2D eigenvalue weighted by Crippen LogP contribution is -2.32. The van der Waals surface area contributed by atoms with E-state index in [9.17, 15) is 27.2 Å². The second kappa shape index (κ2) is 8.99. The number of halogens is 4. The molecule has 34 heavy (non-hydrogen) atoms. The van der Waals surface area contributed by atoms with E-state index in [1.54, 1.807) is 5.38 Å². The Morgan fingerprint density at radius 2 is 1.91 bits per heavy atom. The van der Waals surface area contributed by atoms with Gasteiger partial charge in [0.25, 0.3) is 17.4 Å². The molecule has 0 fully saturated rings. The number of nitrogens with zero attached hydrogens (tertiary/aromatic N) is 2. The van der Waals surface area contributed by atoms with Crippen LogP contribution in [-0.2, 0) is 5.92 Å². The molecule has 1 amide bonds. The van der Waals surface area contributed by atoms with Gasteiger partial charge in [-0.3, -0.25) is 9.59 Å². The van der Waals surface area contributed by atoms with Crippen LogP contribution in [0.1, 0.15) is 34.6 Å². The van der Waals surface area contributed by atoms with Crippen molar-refractivity contribution in [3.63, 3.8) is 0 Å². The minimum Gasteiger partial charge on any atom is -0.390 e. The fourth-order valence-corrected chi connectivity index (χ4v) is 4.36. The number of thiophene rings is 1. The standard InChI is InChI=1S/C23H17F4N3O3S/c1-12(13-5-4-6-15(18(13)25)23(26,27)11-31)28-21(32)19-20-14(9-10-34-20)22(33)30(29-19)17-8-3-2-7-16(17)24/h2-10,12,31H,11H2,1H3,(H,28,32)/t12-/m1/s1. The van der Waals surface area contributed by atoms with E-state index in [0.29, 0.717) is 0 Å². The van der Waals surface area contributed by atoms with Crippen molar-refractivity contribution < 1.29 is 27.5 Å². The Kier molecular flexibility index (Phi) is 6.24. The fourth-order valence-electron chi connectivity index (χ4n) is 3.50. The Bertz CT molecular complexity index is 1450. The van der Waals surface area contributed by atoms with Crippen molar-refractivity contribution in [1.29, 1.82) is 0 Å². The summed E-state index contributed by atoms with van der Waals surface area (Å²) in [5, 5.41) is 17.1. The summed E-state index contributed by atoms with van der Waals surface area (Å²) in [5.74, 6) is -6.61. The lowest BCUT2D eigenvalue weighted by atomic mass is 10.00. The molecule has 2 N–H and O–H groups in total. The normalized spacial score (nSPS) is 12.6. The van der Waals surface area contributed by atoms with Crippen molar-refractivity contribution in [3.05, 3.63) is 92.7 Å². The van der Waals surface area contributed by atoms with E-state index in [1.165, 1.54) is 43.3 Å². The zero-order valence-corrected chi connectivity index (χ0v) is 18.4. The molecule has 0 spiro atoms. The molecule has 4 aromatic rings. The predicted molar refractivity (Wildman–Crippen MR) is 118 cm³/mol. The molecule has 0 unspecified atom stereocenters. The molecule has 6 nitrogen and oxygen atoms in total. The second-order valence-corrected chi connectivity index (χ2v) is 8.36. The molecule has 2 aromatic heterocycles. The van der Waals surface area contributed by atoms with Gasteiger partial charge in [0.15, 0.2) is 5.69 Å². The topological polar surface area (TPSA) is 84.2 Å². The van der Waals surface area contributed by atoms with Gasteiger partial charge in [-0.1, -0.05) is 24.3 Å². The van der Waals surface area contributed by atoms with Gasteiger partial charge in [-0.05, 0) is 36.6 Å². The number of alkyl halides is 2. The molecule has 2 heterocycles. The summed E-state index contributed by atoms with van der Waals surface area (Å²) in [6.45, 7) is -0.193. The number of amides is 1. The van der Waals surface area contributed by atoms with E-state index < -0.39 is 47.2 Å². The summed E-state index contributed by atoms with van der Waals surface area (Å²) in [4.78, 5) is 25.9. The van der Waals surface area contributed by atoms with Crippen LogP contribution in [0.3, 0.4) is 0 Å². The van der Waals surface area contributed by atoms with Crippen LogP contribution in [0, 0.1) is 11.6 Å². The fraction of sp³-hybridized carbons (Fsp3) is 0.174. The molecule has 4 rings (SSSR count). The number of hydrogen-bond acceptors (Lipinski definition) is 5. The first-order valence-electron chi connectivity index (χ1n) is 9.99. The first-order valence-corrected chi connectivity index (χ1v) is 10.9. The first kappa shape index (κ1) is 23.6. The molecule has 0 radical (unpaired) electrons. The average molecular weight is 491 g/mol. The highest BCUT2D eigenvalue weighted by Crippen LogP contribution is 2.32. The highest BCUT2D eigenvalue weighted by Gasteiger charge is 2.35. The number of nitrogens with one attached hydrogen (secondary N) is 1. The van der Waals surface area contributed by atoms with Crippen LogP contribution in [-0.4, -0.2) is 27.4 Å². The number of benzene rings is 2. The van der Waals surface area contributed by atoms with Gasteiger partial charge in [-0.15, -0.1) is 11.3 Å². The lowest BCUT2D eigenvalue weighted by Gasteiger charge is -2.20. The molecule has 11 heteroatoms. The minimum atomic E-state index is -3.80. The third-order valence-electron chi connectivity index (χ3n) is 5.23. The van der Waals surface area contributed by atoms with Gasteiger partial charge in [0.1, 0.15) is 23.9 Å². The molecule has 0 aliphatic heterocycles. The Hall–Kier alpha value is -3.57. The van der Waals surface area contributed by atoms with Crippen molar-refractivity contribution in [2.75, 3.05) is 6.61 Å². The third-order valence-corrected chi connectivity index (χ3v) is 6.16. The van der Waals surface area contributed by atoms with E-state index in [-0.39, 0.29) is 27.0 Å². The van der Waals surface area contributed by atoms with Crippen molar-refractivity contribution in [2.24, 2.45) is 0 Å². The number of fused-ring (bicyclic) bond motifs is 1. The number of aliphatic hydroxyl groups is 1. The summed E-state index contributed by atoms with van der Waals surface area (Å²) in [7, 11) is 0. The van der Waals surface area contributed by atoms with Gasteiger partial charge in [0.05, 0.1) is 21.7 Å². The second-order valence-electron chi connectivity index (χ2n) is 7.45. The highest BCUT2D eigenvalue weighted by molar-refractivity contribution is 7.17. The van der Waals surface area contributed by atoms with Crippen molar-refractivity contribution in [1.82, 2.24) is 15.1 Å². The SMILES string of the molecule is C[C@@H](NC(=O)c1nn(-c2ccccc2F)c(=O)c2ccsc12)c1cccc(C(F)(F)CO)c1F. The Balaban J connectivity index is 1.75. The van der Waals surface area contributed by atoms with Gasteiger partial charge in [-0.25, -0.2) is 8.78 Å². The smallest absolute Gasteiger partial charge is 0.298 e. The van der Waals surface area contributed by atoms with E-state index >= 15 is 0 Å². The van der Waals surface area contributed by atoms with Crippen LogP contribution in [0.2, 0.25) is 0 Å².